The molecule has 0 spiro atoms. The molecule has 1 heterocycles. The quantitative estimate of drug-likeness (QED) is 0.522. The van der Waals surface area contributed by atoms with Crippen LogP contribution in [-0.2, 0) is 22.3 Å². The summed E-state index contributed by atoms with van der Waals surface area (Å²) in [6.07, 6.45) is -4.23. The number of hydrogen-bond acceptors (Lipinski definition) is 4. The molecular formula is C18H28F3N5O2S. The number of sulfonamides is 1. The third kappa shape index (κ3) is 6.86. The van der Waals surface area contributed by atoms with Crippen molar-refractivity contribution in [1.29, 1.82) is 0 Å². The van der Waals surface area contributed by atoms with Crippen LogP contribution >= 0.6 is 0 Å². The molecule has 2 N–H and O–H groups in total. The van der Waals surface area contributed by atoms with Crippen LogP contribution < -0.4 is 10.0 Å². The lowest BCUT2D eigenvalue weighted by atomic mass is 10.1. The number of guanidine groups is 1. The molecule has 0 aromatic heterocycles. The number of piperazine rings is 1. The van der Waals surface area contributed by atoms with E-state index in [1.165, 1.54) is 18.9 Å². The van der Waals surface area contributed by atoms with Crippen LogP contribution in [0.1, 0.15) is 18.1 Å². The number of nitrogens with one attached hydrogen (secondary N) is 2. The van der Waals surface area contributed by atoms with Crippen LogP contribution in [0.3, 0.4) is 0 Å². The van der Waals surface area contributed by atoms with Gasteiger partial charge in [-0.05, 0) is 25.1 Å². The molecule has 1 aliphatic rings. The normalized spacial score (nSPS) is 18.0. The number of benzene rings is 1. The number of alkyl halides is 3. The standard InChI is InChI=1S/C18H28F3N5O2S/c1-14(18(19,20)21)25-7-9-26(10-8-25)17(22-2)24-12-15-5-4-6-16(11-15)13-29(27,28)23-3/h4-6,11,14,23H,7-10,12-13H2,1-3H3,(H,22,24). The van der Waals surface area contributed by atoms with Crippen LogP contribution in [0.2, 0.25) is 0 Å². The van der Waals surface area contributed by atoms with Gasteiger partial charge in [-0.15, -0.1) is 0 Å². The van der Waals surface area contributed by atoms with Gasteiger partial charge in [0.05, 0.1) is 5.75 Å². The minimum Gasteiger partial charge on any atom is -0.352 e. The second-order valence-electron chi connectivity index (χ2n) is 6.92. The van der Waals surface area contributed by atoms with Crippen molar-refractivity contribution < 1.29 is 21.6 Å². The van der Waals surface area contributed by atoms with Crippen LogP contribution in [0.5, 0.6) is 0 Å². The molecular weight excluding hydrogens is 407 g/mol. The van der Waals surface area contributed by atoms with Gasteiger partial charge in [0.1, 0.15) is 6.04 Å². The van der Waals surface area contributed by atoms with Gasteiger partial charge in [-0.3, -0.25) is 9.89 Å². The summed E-state index contributed by atoms with van der Waals surface area (Å²) < 4.78 is 64.4. The molecule has 0 amide bonds. The zero-order valence-corrected chi connectivity index (χ0v) is 17.6. The number of halogens is 3. The molecule has 1 aliphatic heterocycles. The highest BCUT2D eigenvalue weighted by molar-refractivity contribution is 7.88. The van der Waals surface area contributed by atoms with Crippen molar-refractivity contribution >= 4 is 16.0 Å². The van der Waals surface area contributed by atoms with E-state index in [-0.39, 0.29) is 5.75 Å². The second-order valence-corrected chi connectivity index (χ2v) is 8.85. The third-order valence-electron chi connectivity index (χ3n) is 4.96. The lowest BCUT2D eigenvalue weighted by Crippen LogP contribution is -2.56. The van der Waals surface area contributed by atoms with E-state index in [1.807, 2.05) is 11.0 Å². The van der Waals surface area contributed by atoms with Gasteiger partial charge >= 0.3 is 6.18 Å². The van der Waals surface area contributed by atoms with Crippen molar-refractivity contribution in [1.82, 2.24) is 19.8 Å². The molecule has 29 heavy (non-hydrogen) atoms. The van der Waals surface area contributed by atoms with Crippen LogP contribution in [-0.4, -0.2) is 76.7 Å². The molecule has 1 atom stereocenters. The maximum Gasteiger partial charge on any atom is 0.403 e. The monoisotopic (exact) mass is 435 g/mol. The Hall–Kier alpha value is -1.85. The highest BCUT2D eigenvalue weighted by atomic mass is 32.2. The summed E-state index contributed by atoms with van der Waals surface area (Å²) in [7, 11) is -0.349. The Morgan fingerprint density at radius 2 is 1.83 bits per heavy atom. The van der Waals surface area contributed by atoms with E-state index in [0.717, 1.165) is 5.56 Å². The van der Waals surface area contributed by atoms with E-state index in [9.17, 15) is 21.6 Å². The largest absolute Gasteiger partial charge is 0.403 e. The van der Waals surface area contributed by atoms with Gasteiger partial charge in [0.15, 0.2) is 5.96 Å². The molecule has 7 nitrogen and oxygen atoms in total. The van der Waals surface area contributed by atoms with Crippen LogP contribution in [0, 0.1) is 0 Å². The van der Waals surface area contributed by atoms with Crippen molar-refractivity contribution in [2.24, 2.45) is 4.99 Å². The lowest BCUT2D eigenvalue weighted by Gasteiger charge is -2.39. The molecule has 1 aromatic rings. The highest BCUT2D eigenvalue weighted by Crippen LogP contribution is 2.25. The molecule has 0 aliphatic carbocycles. The van der Waals surface area contributed by atoms with Crippen molar-refractivity contribution in [3.05, 3.63) is 35.4 Å². The fourth-order valence-corrected chi connectivity index (χ4v) is 3.93. The molecule has 11 heteroatoms. The van der Waals surface area contributed by atoms with Crippen LogP contribution in [0.15, 0.2) is 29.3 Å². The van der Waals surface area contributed by atoms with Crippen molar-refractivity contribution in [3.8, 4) is 0 Å². The van der Waals surface area contributed by atoms with Gasteiger partial charge < -0.3 is 10.2 Å². The average Bonchev–Trinajstić information content (AvgIpc) is 2.67. The van der Waals surface area contributed by atoms with E-state index in [2.05, 4.69) is 15.0 Å². The van der Waals surface area contributed by atoms with Gasteiger partial charge in [0.2, 0.25) is 10.0 Å². The van der Waals surface area contributed by atoms with E-state index in [0.29, 0.717) is 44.2 Å². The van der Waals surface area contributed by atoms with Crippen molar-refractivity contribution in [2.75, 3.05) is 40.3 Å². The van der Waals surface area contributed by atoms with Crippen LogP contribution in [0.25, 0.3) is 0 Å². The predicted molar refractivity (Wildman–Crippen MR) is 107 cm³/mol. The molecule has 0 saturated carbocycles. The Bertz CT molecular complexity index is 806. The van der Waals surface area contributed by atoms with E-state index in [1.54, 1.807) is 25.2 Å². The first-order valence-electron chi connectivity index (χ1n) is 9.31. The zero-order valence-electron chi connectivity index (χ0n) is 16.8. The second kappa shape index (κ2) is 9.77. The summed E-state index contributed by atoms with van der Waals surface area (Å²) in [4.78, 5) is 7.58. The molecule has 0 bridgehead atoms. The summed E-state index contributed by atoms with van der Waals surface area (Å²) in [5.41, 5.74) is 1.56. The van der Waals surface area contributed by atoms with E-state index < -0.39 is 22.2 Å². The Morgan fingerprint density at radius 3 is 2.38 bits per heavy atom. The number of aliphatic imine (C=N–C) groups is 1. The maximum atomic E-state index is 12.9. The predicted octanol–water partition coefficient (Wildman–Crippen LogP) is 1.38. The minimum atomic E-state index is -4.23. The van der Waals surface area contributed by atoms with Gasteiger partial charge in [-0.1, -0.05) is 24.3 Å². The summed E-state index contributed by atoms with van der Waals surface area (Å²) in [5.74, 6) is 0.503. The first-order chi connectivity index (χ1) is 13.6. The first-order valence-corrected chi connectivity index (χ1v) is 11.0. The van der Waals surface area contributed by atoms with Crippen molar-refractivity contribution in [3.63, 3.8) is 0 Å². The zero-order chi connectivity index (χ0) is 21.7. The first kappa shape index (κ1) is 23.4. The molecule has 1 unspecified atom stereocenters. The minimum absolute atomic E-state index is 0.106. The number of nitrogens with zero attached hydrogens (tertiary/aromatic N) is 3. The lowest BCUT2D eigenvalue weighted by molar-refractivity contribution is -0.181. The fourth-order valence-electron chi connectivity index (χ4n) is 3.16. The fraction of sp³-hybridized carbons (Fsp3) is 0.611. The Labute approximate surface area is 170 Å². The Morgan fingerprint density at radius 1 is 1.21 bits per heavy atom. The molecule has 1 saturated heterocycles. The Balaban J connectivity index is 1.92. The summed E-state index contributed by atoms with van der Waals surface area (Å²) >= 11 is 0. The van der Waals surface area contributed by atoms with Gasteiger partial charge in [-0.25, -0.2) is 13.1 Å². The summed E-state index contributed by atoms with van der Waals surface area (Å²) in [6, 6.07) is 5.75. The van der Waals surface area contributed by atoms with Crippen molar-refractivity contribution in [2.45, 2.75) is 31.4 Å². The van der Waals surface area contributed by atoms with E-state index in [4.69, 9.17) is 0 Å². The third-order valence-corrected chi connectivity index (χ3v) is 6.29. The molecule has 164 valence electrons. The van der Waals surface area contributed by atoms with Gasteiger partial charge in [-0.2, -0.15) is 13.2 Å². The smallest absolute Gasteiger partial charge is 0.352 e. The van der Waals surface area contributed by atoms with Crippen LogP contribution in [0.4, 0.5) is 13.2 Å². The van der Waals surface area contributed by atoms with Gasteiger partial charge in [0.25, 0.3) is 0 Å². The summed E-state index contributed by atoms with van der Waals surface area (Å²) in [5, 5.41) is 3.20. The molecule has 1 aromatic carbocycles. The maximum absolute atomic E-state index is 12.9. The molecule has 1 fully saturated rings. The van der Waals surface area contributed by atoms with Gasteiger partial charge in [0, 0.05) is 39.8 Å². The number of hydrogen-bond donors (Lipinski definition) is 2. The number of rotatable bonds is 6. The summed E-state index contributed by atoms with van der Waals surface area (Å²) in [6.45, 7) is 3.11. The average molecular weight is 436 g/mol. The SMILES string of the molecule is CN=C(NCc1cccc(CS(=O)(=O)NC)c1)N1CCN(C(C)C(F)(F)F)CC1. The Kier molecular flexibility index (Phi) is 7.89. The van der Waals surface area contributed by atoms with E-state index >= 15 is 0 Å². The molecule has 2 rings (SSSR count). The molecule has 0 radical (unpaired) electrons. The highest BCUT2D eigenvalue weighted by Gasteiger charge is 2.41. The topological polar surface area (TPSA) is 77.0 Å².